The van der Waals surface area contributed by atoms with Crippen molar-refractivity contribution in [3.63, 3.8) is 0 Å². The second-order valence-electron chi connectivity index (χ2n) is 6.67. The van der Waals surface area contributed by atoms with E-state index in [0.29, 0.717) is 26.2 Å². The van der Waals surface area contributed by atoms with Crippen molar-refractivity contribution in [3.8, 4) is 0 Å². The summed E-state index contributed by atoms with van der Waals surface area (Å²) in [4.78, 5) is 30.7. The summed E-state index contributed by atoms with van der Waals surface area (Å²) < 4.78 is 27.9. The van der Waals surface area contributed by atoms with E-state index in [-0.39, 0.29) is 10.6 Å². The second kappa shape index (κ2) is 11.1. The Kier molecular flexibility index (Phi) is 8.83. The van der Waals surface area contributed by atoms with Crippen LogP contribution in [0.1, 0.15) is 5.56 Å². The van der Waals surface area contributed by atoms with Crippen LogP contribution in [0.25, 0.3) is 0 Å². The summed E-state index contributed by atoms with van der Waals surface area (Å²) in [6, 6.07) is 13.1. The zero-order valence-corrected chi connectivity index (χ0v) is 19.0. The number of sulfonamides is 1. The maximum atomic E-state index is 12.7. The van der Waals surface area contributed by atoms with Crippen LogP contribution in [0.4, 0.5) is 5.69 Å². The quantitative estimate of drug-likeness (QED) is 0.335. The fourth-order valence-electron chi connectivity index (χ4n) is 2.91. The topological polar surface area (TPSA) is 158 Å². The number of nitro benzene ring substituents is 1. The summed E-state index contributed by atoms with van der Waals surface area (Å²) in [6.45, 7) is 2.84. The minimum Gasteiger partial charge on any atom is -0.473 e. The van der Waals surface area contributed by atoms with Gasteiger partial charge in [-0.1, -0.05) is 28.1 Å². The molecule has 2 N–H and O–H groups in total. The Morgan fingerprint density at radius 3 is 2.03 bits per heavy atom. The fraction of sp³-hybridized carbons (Fsp3) is 0.263. The summed E-state index contributed by atoms with van der Waals surface area (Å²) in [5.41, 5.74) is 1.05. The molecule has 0 aromatic heterocycles. The molecule has 0 spiro atoms. The number of nitrogens with zero attached hydrogens (tertiary/aromatic N) is 3. The van der Waals surface area contributed by atoms with Crippen molar-refractivity contribution in [1.82, 2.24) is 9.21 Å². The van der Waals surface area contributed by atoms with Gasteiger partial charge < -0.3 is 10.2 Å². The normalized spacial score (nSPS) is 14.8. The molecular formula is C19H20BrN3O8S. The summed E-state index contributed by atoms with van der Waals surface area (Å²) in [5.74, 6) is -3.65. The molecule has 11 nitrogen and oxygen atoms in total. The predicted octanol–water partition coefficient (Wildman–Crippen LogP) is 2.02. The number of halogens is 1. The van der Waals surface area contributed by atoms with Crippen LogP contribution in [0, 0.1) is 10.1 Å². The molecule has 2 aromatic rings. The molecule has 172 valence electrons. The minimum absolute atomic E-state index is 0.0866. The summed E-state index contributed by atoms with van der Waals surface area (Å²) >= 11 is 3.45. The number of rotatable bonds is 5. The van der Waals surface area contributed by atoms with Gasteiger partial charge in [-0.25, -0.2) is 18.0 Å². The van der Waals surface area contributed by atoms with E-state index in [0.717, 1.165) is 11.0 Å². The Balaban J connectivity index is 0.000000534. The molecular weight excluding hydrogens is 510 g/mol. The molecule has 0 saturated carbocycles. The van der Waals surface area contributed by atoms with Gasteiger partial charge in [-0.2, -0.15) is 4.31 Å². The average Bonchev–Trinajstić information content (AvgIpc) is 2.74. The number of carboxylic acid groups (broad SMARTS) is 2. The van der Waals surface area contributed by atoms with Crippen LogP contribution < -0.4 is 0 Å². The van der Waals surface area contributed by atoms with E-state index >= 15 is 0 Å². The van der Waals surface area contributed by atoms with E-state index in [1.54, 1.807) is 0 Å². The highest BCUT2D eigenvalue weighted by Crippen LogP contribution is 2.21. The third kappa shape index (κ3) is 7.09. The molecule has 3 rings (SSSR count). The fourth-order valence-corrected chi connectivity index (χ4v) is 4.78. The first-order valence-corrected chi connectivity index (χ1v) is 11.4. The van der Waals surface area contributed by atoms with Crippen LogP contribution in [-0.4, -0.2) is 70.9 Å². The number of hydrogen-bond donors (Lipinski definition) is 2. The van der Waals surface area contributed by atoms with E-state index in [4.69, 9.17) is 19.8 Å². The Hall–Kier alpha value is -2.87. The largest absolute Gasteiger partial charge is 0.473 e. The van der Waals surface area contributed by atoms with Gasteiger partial charge in [0, 0.05) is 49.3 Å². The van der Waals surface area contributed by atoms with E-state index < -0.39 is 26.9 Å². The molecule has 1 aliphatic rings. The van der Waals surface area contributed by atoms with Crippen molar-refractivity contribution < 1.29 is 33.1 Å². The first-order chi connectivity index (χ1) is 15.0. The van der Waals surface area contributed by atoms with Crippen molar-refractivity contribution in [2.75, 3.05) is 26.2 Å². The number of benzene rings is 2. The van der Waals surface area contributed by atoms with Gasteiger partial charge in [0.25, 0.3) is 5.69 Å². The second-order valence-corrected chi connectivity index (χ2v) is 9.53. The monoisotopic (exact) mass is 529 g/mol. The number of nitro groups is 1. The molecule has 0 bridgehead atoms. The molecule has 0 atom stereocenters. The SMILES string of the molecule is O=C(O)C(=O)O.O=[N+]([O-])c1ccc(S(=O)(=O)N2CCN(Cc3cccc(Br)c3)CC2)cc1. The van der Waals surface area contributed by atoms with Crippen LogP contribution in [0.5, 0.6) is 0 Å². The first-order valence-electron chi connectivity index (χ1n) is 9.18. The molecule has 0 unspecified atom stereocenters. The van der Waals surface area contributed by atoms with Gasteiger partial charge in [0.15, 0.2) is 0 Å². The zero-order valence-electron chi connectivity index (χ0n) is 16.6. The predicted molar refractivity (Wildman–Crippen MR) is 117 cm³/mol. The molecule has 0 amide bonds. The van der Waals surface area contributed by atoms with Crippen LogP contribution in [0.3, 0.4) is 0 Å². The van der Waals surface area contributed by atoms with Gasteiger partial charge in [-0.3, -0.25) is 15.0 Å². The van der Waals surface area contributed by atoms with Crippen molar-refractivity contribution in [2.45, 2.75) is 11.4 Å². The Labute approximate surface area is 192 Å². The molecule has 1 aliphatic heterocycles. The highest BCUT2D eigenvalue weighted by atomic mass is 79.9. The van der Waals surface area contributed by atoms with Gasteiger partial charge in [-0.15, -0.1) is 0 Å². The van der Waals surface area contributed by atoms with Gasteiger partial charge >= 0.3 is 11.9 Å². The number of non-ortho nitro benzene ring substituents is 1. The van der Waals surface area contributed by atoms with Crippen LogP contribution in [-0.2, 0) is 26.2 Å². The number of piperazine rings is 1. The molecule has 1 heterocycles. The van der Waals surface area contributed by atoms with E-state index in [1.807, 2.05) is 18.2 Å². The van der Waals surface area contributed by atoms with Gasteiger partial charge in [0.05, 0.1) is 9.82 Å². The number of carbonyl (C=O) groups is 2. The maximum Gasteiger partial charge on any atom is 0.414 e. The molecule has 1 saturated heterocycles. The van der Waals surface area contributed by atoms with E-state index in [2.05, 4.69) is 26.9 Å². The lowest BCUT2D eigenvalue weighted by molar-refractivity contribution is -0.384. The lowest BCUT2D eigenvalue weighted by Crippen LogP contribution is -2.48. The Bertz CT molecular complexity index is 1070. The highest BCUT2D eigenvalue weighted by molar-refractivity contribution is 9.10. The molecule has 2 aromatic carbocycles. The molecule has 0 aliphatic carbocycles. The molecule has 32 heavy (non-hydrogen) atoms. The Morgan fingerprint density at radius 2 is 1.56 bits per heavy atom. The molecule has 13 heteroatoms. The molecule has 0 radical (unpaired) electrons. The standard InChI is InChI=1S/C17H18BrN3O4S.C2H2O4/c18-15-3-1-2-14(12-15)13-19-8-10-20(11-9-19)26(24,25)17-6-4-16(5-7-17)21(22)23;3-1(4)2(5)6/h1-7,12H,8-11,13H2;(H,3,4)(H,5,6). The van der Waals surface area contributed by atoms with Crippen molar-refractivity contribution in [3.05, 3.63) is 68.7 Å². The number of hydrogen-bond acceptors (Lipinski definition) is 7. The van der Waals surface area contributed by atoms with Gasteiger partial charge in [0.1, 0.15) is 0 Å². The molecule has 1 fully saturated rings. The van der Waals surface area contributed by atoms with Gasteiger partial charge in [0.2, 0.25) is 10.0 Å². The third-order valence-electron chi connectivity index (χ3n) is 4.49. The van der Waals surface area contributed by atoms with E-state index in [1.165, 1.54) is 34.1 Å². The number of aliphatic carboxylic acids is 2. The first kappa shape index (κ1) is 25.4. The lowest BCUT2D eigenvalue weighted by atomic mass is 10.2. The maximum absolute atomic E-state index is 12.7. The smallest absolute Gasteiger partial charge is 0.414 e. The van der Waals surface area contributed by atoms with E-state index in [9.17, 15) is 18.5 Å². The van der Waals surface area contributed by atoms with Gasteiger partial charge in [-0.05, 0) is 29.8 Å². The van der Waals surface area contributed by atoms with Crippen molar-refractivity contribution in [1.29, 1.82) is 0 Å². The van der Waals surface area contributed by atoms with Crippen LogP contribution >= 0.6 is 15.9 Å². The minimum atomic E-state index is -3.63. The lowest BCUT2D eigenvalue weighted by Gasteiger charge is -2.34. The van der Waals surface area contributed by atoms with Crippen molar-refractivity contribution in [2.24, 2.45) is 0 Å². The summed E-state index contributed by atoms with van der Waals surface area (Å²) in [6.07, 6.45) is 0. The van der Waals surface area contributed by atoms with Crippen molar-refractivity contribution >= 4 is 43.6 Å². The highest BCUT2D eigenvalue weighted by Gasteiger charge is 2.28. The zero-order chi connectivity index (χ0) is 23.9. The van der Waals surface area contributed by atoms with Crippen LogP contribution in [0.2, 0.25) is 0 Å². The summed E-state index contributed by atoms with van der Waals surface area (Å²) in [5, 5.41) is 25.5. The Morgan fingerprint density at radius 1 is 1.00 bits per heavy atom. The summed E-state index contributed by atoms with van der Waals surface area (Å²) in [7, 11) is -3.63. The van der Waals surface area contributed by atoms with Crippen LogP contribution in [0.15, 0.2) is 57.9 Å². The third-order valence-corrected chi connectivity index (χ3v) is 6.90. The number of carboxylic acids is 2. The average molecular weight is 530 g/mol.